The van der Waals surface area contributed by atoms with Crippen LogP contribution < -0.4 is 5.73 Å². The molecule has 140 valence electrons. The number of oxazole rings is 1. The molecule has 3 aromatic rings. The molecule has 0 bridgehead atoms. The highest BCUT2D eigenvalue weighted by Crippen LogP contribution is 2.30. The number of halogens is 1. The molecule has 27 heavy (non-hydrogen) atoms. The number of likely N-dealkylation sites (tertiary alicyclic amines) is 1. The van der Waals surface area contributed by atoms with Gasteiger partial charge in [-0.2, -0.15) is 5.10 Å². The third-order valence-corrected chi connectivity index (χ3v) is 4.83. The number of nitrogens with two attached hydrogens (primary N) is 1. The van der Waals surface area contributed by atoms with Crippen LogP contribution in [0.1, 0.15) is 40.8 Å². The summed E-state index contributed by atoms with van der Waals surface area (Å²) in [5.41, 5.74) is 6.99. The molecule has 1 saturated heterocycles. The minimum atomic E-state index is -0.312. The summed E-state index contributed by atoms with van der Waals surface area (Å²) in [6, 6.07) is 9.44. The van der Waals surface area contributed by atoms with Gasteiger partial charge in [0.25, 0.3) is 5.91 Å². The first-order valence-electron chi connectivity index (χ1n) is 8.90. The van der Waals surface area contributed by atoms with E-state index in [1.807, 2.05) is 30.3 Å². The van der Waals surface area contributed by atoms with Gasteiger partial charge >= 0.3 is 0 Å². The van der Waals surface area contributed by atoms with Gasteiger partial charge in [-0.1, -0.05) is 18.2 Å². The van der Waals surface area contributed by atoms with Crippen LogP contribution in [-0.4, -0.2) is 38.7 Å². The van der Waals surface area contributed by atoms with Gasteiger partial charge in [0.05, 0.1) is 18.4 Å². The summed E-state index contributed by atoms with van der Waals surface area (Å²) < 4.78 is 21.1. The summed E-state index contributed by atoms with van der Waals surface area (Å²) in [5, 5.41) is 4.44. The Morgan fingerprint density at radius 3 is 2.67 bits per heavy atom. The van der Waals surface area contributed by atoms with Crippen molar-refractivity contribution < 1.29 is 13.6 Å². The van der Waals surface area contributed by atoms with Gasteiger partial charge in [-0.05, 0) is 25.0 Å². The molecule has 0 spiro atoms. The fourth-order valence-electron chi connectivity index (χ4n) is 3.38. The standard InChI is InChI=1S/C19H20FN5O2/c20-15-11-25(14-4-2-1-3-5-14)23-18(15)13-6-8-24(9-7-13)19(26)16-12-27-17(10-21)22-16/h1-5,11-13H,6-10,21H2. The number of benzene rings is 1. The minimum absolute atomic E-state index is 0.0177. The van der Waals surface area contributed by atoms with E-state index in [0.717, 1.165) is 5.69 Å². The summed E-state index contributed by atoms with van der Waals surface area (Å²) in [5.74, 6) is -0.183. The van der Waals surface area contributed by atoms with Crippen molar-refractivity contribution in [2.45, 2.75) is 25.3 Å². The van der Waals surface area contributed by atoms with E-state index in [4.69, 9.17) is 10.2 Å². The molecule has 0 aliphatic carbocycles. The monoisotopic (exact) mass is 369 g/mol. The maximum atomic E-state index is 14.4. The van der Waals surface area contributed by atoms with E-state index >= 15 is 0 Å². The number of rotatable bonds is 4. The SMILES string of the molecule is NCc1nc(C(=O)N2CCC(c3nn(-c4ccccc4)cc3F)CC2)co1. The first kappa shape index (κ1) is 17.4. The maximum Gasteiger partial charge on any atom is 0.275 e. The van der Waals surface area contributed by atoms with E-state index in [1.54, 1.807) is 9.58 Å². The molecule has 4 rings (SSSR count). The molecule has 0 unspecified atom stereocenters. The Kier molecular flexibility index (Phi) is 4.72. The van der Waals surface area contributed by atoms with Crippen molar-refractivity contribution in [3.8, 4) is 5.69 Å². The molecule has 8 heteroatoms. The Bertz CT molecular complexity index is 929. The highest BCUT2D eigenvalue weighted by molar-refractivity contribution is 5.92. The normalized spacial score (nSPS) is 15.3. The van der Waals surface area contributed by atoms with E-state index in [-0.39, 0.29) is 29.9 Å². The van der Waals surface area contributed by atoms with Crippen LogP contribution in [0.15, 0.2) is 47.2 Å². The summed E-state index contributed by atoms with van der Waals surface area (Å²) >= 11 is 0. The fourth-order valence-corrected chi connectivity index (χ4v) is 3.38. The van der Waals surface area contributed by atoms with Crippen LogP contribution in [0.4, 0.5) is 4.39 Å². The van der Waals surface area contributed by atoms with Crippen molar-refractivity contribution in [1.82, 2.24) is 19.7 Å². The second kappa shape index (κ2) is 7.32. The van der Waals surface area contributed by atoms with E-state index in [2.05, 4.69) is 10.1 Å². The van der Waals surface area contributed by atoms with Gasteiger partial charge in [-0.3, -0.25) is 4.79 Å². The number of nitrogens with zero attached hydrogens (tertiary/aromatic N) is 4. The average molecular weight is 369 g/mol. The highest BCUT2D eigenvalue weighted by atomic mass is 19.1. The largest absolute Gasteiger partial charge is 0.447 e. The quantitative estimate of drug-likeness (QED) is 0.763. The summed E-state index contributed by atoms with van der Waals surface area (Å²) in [7, 11) is 0. The van der Waals surface area contributed by atoms with Crippen LogP contribution in [0.25, 0.3) is 5.69 Å². The highest BCUT2D eigenvalue weighted by Gasteiger charge is 2.29. The van der Waals surface area contributed by atoms with Crippen LogP contribution >= 0.6 is 0 Å². The number of carbonyl (C=O) groups is 1. The van der Waals surface area contributed by atoms with Gasteiger partial charge in [0.2, 0.25) is 5.89 Å². The number of amides is 1. The number of hydrogen-bond donors (Lipinski definition) is 1. The summed E-state index contributed by atoms with van der Waals surface area (Å²) in [6.45, 7) is 1.19. The predicted octanol–water partition coefficient (Wildman–Crippen LogP) is 2.48. The summed E-state index contributed by atoms with van der Waals surface area (Å²) in [4.78, 5) is 18.3. The molecule has 1 aliphatic heterocycles. The number of piperidine rings is 1. The van der Waals surface area contributed by atoms with E-state index < -0.39 is 0 Å². The molecule has 1 aromatic carbocycles. The molecule has 0 atom stereocenters. The third-order valence-electron chi connectivity index (χ3n) is 4.83. The third kappa shape index (κ3) is 3.48. The van der Waals surface area contributed by atoms with Crippen LogP contribution in [-0.2, 0) is 6.54 Å². The van der Waals surface area contributed by atoms with Gasteiger partial charge in [0.15, 0.2) is 11.5 Å². The number of aromatic nitrogens is 3. The molecule has 0 saturated carbocycles. The molecule has 2 aromatic heterocycles. The second-order valence-corrected chi connectivity index (χ2v) is 6.54. The van der Waals surface area contributed by atoms with Gasteiger partial charge in [0.1, 0.15) is 12.0 Å². The minimum Gasteiger partial charge on any atom is -0.447 e. The smallest absolute Gasteiger partial charge is 0.275 e. The summed E-state index contributed by atoms with van der Waals surface area (Å²) in [6.07, 6.45) is 4.04. The molecule has 1 fully saturated rings. The Hall–Kier alpha value is -3.00. The zero-order valence-corrected chi connectivity index (χ0v) is 14.7. The lowest BCUT2D eigenvalue weighted by atomic mass is 9.93. The number of para-hydroxylation sites is 1. The van der Waals surface area contributed by atoms with Crippen LogP contribution in [0.5, 0.6) is 0 Å². The molecular weight excluding hydrogens is 349 g/mol. The van der Waals surface area contributed by atoms with Gasteiger partial charge in [-0.15, -0.1) is 0 Å². The van der Waals surface area contributed by atoms with Gasteiger partial charge < -0.3 is 15.1 Å². The van der Waals surface area contributed by atoms with Gasteiger partial charge in [0, 0.05) is 19.0 Å². The number of carbonyl (C=O) groups excluding carboxylic acids is 1. The predicted molar refractivity (Wildman–Crippen MR) is 95.8 cm³/mol. The zero-order chi connectivity index (χ0) is 18.8. The van der Waals surface area contributed by atoms with Crippen LogP contribution in [0.2, 0.25) is 0 Å². The van der Waals surface area contributed by atoms with E-state index in [1.165, 1.54) is 12.5 Å². The molecule has 0 radical (unpaired) electrons. The Labute approximate surface area is 155 Å². The van der Waals surface area contributed by atoms with Crippen molar-refractivity contribution in [3.05, 3.63) is 65.9 Å². The lowest BCUT2D eigenvalue weighted by molar-refractivity contribution is 0.0705. The molecule has 1 aliphatic rings. The molecule has 2 N–H and O–H groups in total. The molecular formula is C19H20FN5O2. The van der Waals surface area contributed by atoms with E-state index in [9.17, 15) is 9.18 Å². The fraction of sp³-hybridized carbons (Fsp3) is 0.316. The Balaban J connectivity index is 1.43. The molecule has 1 amide bonds. The molecule has 3 heterocycles. The lowest BCUT2D eigenvalue weighted by Gasteiger charge is -2.30. The lowest BCUT2D eigenvalue weighted by Crippen LogP contribution is -2.38. The first-order chi connectivity index (χ1) is 13.2. The van der Waals surface area contributed by atoms with Crippen molar-refractivity contribution >= 4 is 5.91 Å². The van der Waals surface area contributed by atoms with E-state index in [0.29, 0.717) is 37.5 Å². The first-order valence-corrected chi connectivity index (χ1v) is 8.90. The average Bonchev–Trinajstić information content (AvgIpc) is 3.35. The van der Waals surface area contributed by atoms with Crippen LogP contribution in [0.3, 0.4) is 0 Å². The Morgan fingerprint density at radius 1 is 1.26 bits per heavy atom. The van der Waals surface area contributed by atoms with Crippen LogP contribution in [0, 0.1) is 5.82 Å². The zero-order valence-electron chi connectivity index (χ0n) is 14.7. The van der Waals surface area contributed by atoms with Gasteiger partial charge in [-0.25, -0.2) is 14.1 Å². The molecule has 7 nitrogen and oxygen atoms in total. The van der Waals surface area contributed by atoms with Crippen molar-refractivity contribution in [1.29, 1.82) is 0 Å². The topological polar surface area (TPSA) is 90.2 Å². The second-order valence-electron chi connectivity index (χ2n) is 6.54. The van der Waals surface area contributed by atoms with Crippen molar-refractivity contribution in [2.24, 2.45) is 5.73 Å². The van der Waals surface area contributed by atoms with Crippen molar-refractivity contribution in [3.63, 3.8) is 0 Å². The number of hydrogen-bond acceptors (Lipinski definition) is 5. The van der Waals surface area contributed by atoms with Crippen molar-refractivity contribution in [2.75, 3.05) is 13.1 Å². The maximum absolute atomic E-state index is 14.4. The Morgan fingerprint density at radius 2 is 2.00 bits per heavy atom.